The second-order valence-electron chi connectivity index (χ2n) is 6.66. The highest BCUT2D eigenvalue weighted by Gasteiger charge is 2.19. The molecule has 27 heavy (non-hydrogen) atoms. The van der Waals surface area contributed by atoms with E-state index in [0.29, 0.717) is 25.2 Å². The van der Waals surface area contributed by atoms with E-state index >= 15 is 0 Å². The molecule has 0 fully saturated rings. The van der Waals surface area contributed by atoms with Crippen LogP contribution in [0.3, 0.4) is 0 Å². The van der Waals surface area contributed by atoms with E-state index in [1.54, 1.807) is 23.2 Å². The van der Waals surface area contributed by atoms with Gasteiger partial charge in [-0.25, -0.2) is 4.98 Å². The van der Waals surface area contributed by atoms with E-state index in [2.05, 4.69) is 20.6 Å². The summed E-state index contributed by atoms with van der Waals surface area (Å²) in [5.74, 6) is 0.527. The fraction of sp³-hybridized carbons (Fsp3) is 0.400. The highest BCUT2D eigenvalue weighted by Crippen LogP contribution is 2.11. The Bertz CT molecular complexity index is 808. The summed E-state index contributed by atoms with van der Waals surface area (Å²) in [5, 5.41) is 6.07. The Morgan fingerprint density at radius 3 is 2.85 bits per heavy atom. The number of nitrogens with one attached hydrogen (secondary N) is 2. The zero-order valence-electron chi connectivity index (χ0n) is 15.6. The van der Waals surface area contributed by atoms with Crippen molar-refractivity contribution in [3.8, 4) is 0 Å². The van der Waals surface area contributed by atoms with Gasteiger partial charge in [0.25, 0.3) is 5.91 Å². The summed E-state index contributed by atoms with van der Waals surface area (Å²) in [6.45, 7) is 3.50. The topological polar surface area (TPSA) is 87.2 Å². The monoisotopic (exact) mass is 367 g/mol. The van der Waals surface area contributed by atoms with Gasteiger partial charge in [-0.15, -0.1) is 0 Å². The molecule has 2 aromatic heterocycles. The normalized spacial score (nSPS) is 16.0. The third kappa shape index (κ3) is 5.51. The number of carbonyl (C=O) groups is 2. The van der Waals surface area contributed by atoms with Crippen LogP contribution in [0, 0.1) is 6.92 Å². The number of rotatable bonds is 1. The van der Waals surface area contributed by atoms with E-state index in [1.807, 2.05) is 25.1 Å². The maximum atomic E-state index is 12.9. The van der Waals surface area contributed by atoms with E-state index in [9.17, 15) is 9.59 Å². The average Bonchev–Trinajstić information content (AvgIpc) is 2.67. The van der Waals surface area contributed by atoms with Crippen LogP contribution < -0.4 is 10.6 Å². The van der Waals surface area contributed by atoms with Crippen molar-refractivity contribution in [3.63, 3.8) is 0 Å². The van der Waals surface area contributed by atoms with Crippen molar-refractivity contribution in [2.24, 2.45) is 0 Å². The van der Waals surface area contributed by atoms with Gasteiger partial charge in [0.15, 0.2) is 0 Å². The van der Waals surface area contributed by atoms with Crippen LogP contribution in [0.25, 0.3) is 0 Å². The average molecular weight is 367 g/mol. The van der Waals surface area contributed by atoms with Gasteiger partial charge in [-0.2, -0.15) is 0 Å². The maximum Gasteiger partial charge on any atom is 0.254 e. The highest BCUT2D eigenvalue weighted by atomic mass is 16.2. The molecule has 1 aliphatic rings. The van der Waals surface area contributed by atoms with Crippen molar-refractivity contribution in [3.05, 3.63) is 53.5 Å². The minimum absolute atomic E-state index is 0.0593. The quantitative estimate of drug-likeness (QED) is 0.802. The van der Waals surface area contributed by atoms with Crippen molar-refractivity contribution in [1.29, 1.82) is 0 Å². The molecule has 3 rings (SSSR count). The minimum atomic E-state index is -0.158. The zero-order valence-corrected chi connectivity index (χ0v) is 15.6. The first-order chi connectivity index (χ1) is 13.1. The van der Waals surface area contributed by atoms with E-state index in [1.165, 1.54) is 0 Å². The molecule has 7 nitrogen and oxygen atoms in total. The molecule has 2 amide bonds. The van der Waals surface area contributed by atoms with Gasteiger partial charge >= 0.3 is 0 Å². The molecule has 2 aromatic rings. The molecular formula is C20H25N5O2. The molecule has 0 atom stereocenters. The second-order valence-corrected chi connectivity index (χ2v) is 6.66. The second kappa shape index (κ2) is 9.12. The largest absolute Gasteiger partial charge is 0.368 e. The summed E-state index contributed by atoms with van der Waals surface area (Å²) >= 11 is 0. The smallest absolute Gasteiger partial charge is 0.254 e. The molecule has 3 heterocycles. The van der Waals surface area contributed by atoms with E-state index in [4.69, 9.17) is 0 Å². The summed E-state index contributed by atoms with van der Waals surface area (Å²) in [5.41, 5.74) is 2.38. The molecular weight excluding hydrogens is 342 g/mol. The Balaban J connectivity index is 1.72. The van der Waals surface area contributed by atoms with Crippen LogP contribution in [0.1, 0.15) is 34.6 Å². The molecule has 0 aliphatic carbocycles. The predicted octanol–water partition coefficient (Wildman–Crippen LogP) is 1.79. The lowest BCUT2D eigenvalue weighted by molar-refractivity contribution is -0.121. The van der Waals surface area contributed by atoms with E-state index in [-0.39, 0.29) is 18.4 Å². The Morgan fingerprint density at radius 2 is 2.00 bits per heavy atom. The molecule has 2 bridgehead atoms. The maximum absolute atomic E-state index is 12.9. The van der Waals surface area contributed by atoms with Crippen LogP contribution in [0.15, 0.2) is 36.5 Å². The number of aromatic nitrogens is 2. The van der Waals surface area contributed by atoms with Crippen LogP contribution in [-0.4, -0.2) is 52.9 Å². The summed E-state index contributed by atoms with van der Waals surface area (Å²) in [6, 6.07) is 9.37. The van der Waals surface area contributed by atoms with Crippen molar-refractivity contribution in [2.45, 2.75) is 26.2 Å². The third-order valence-corrected chi connectivity index (χ3v) is 4.44. The number of pyridine rings is 2. The summed E-state index contributed by atoms with van der Waals surface area (Å²) in [4.78, 5) is 35.5. The molecule has 0 saturated heterocycles. The van der Waals surface area contributed by atoms with E-state index < -0.39 is 0 Å². The summed E-state index contributed by atoms with van der Waals surface area (Å²) in [6.07, 6.45) is 4.18. The number of aryl methyl sites for hydroxylation is 2. The first-order valence-electron chi connectivity index (χ1n) is 9.30. The lowest BCUT2D eigenvalue weighted by atomic mass is 10.1. The van der Waals surface area contributed by atoms with Gasteiger partial charge in [-0.05, 0) is 50.5 Å². The minimum Gasteiger partial charge on any atom is -0.368 e. The Hall–Kier alpha value is -2.96. The van der Waals surface area contributed by atoms with Crippen molar-refractivity contribution >= 4 is 17.6 Å². The van der Waals surface area contributed by atoms with Gasteiger partial charge in [0.2, 0.25) is 5.91 Å². The van der Waals surface area contributed by atoms with Gasteiger partial charge in [0.05, 0.1) is 6.54 Å². The number of hydrogen-bond donors (Lipinski definition) is 2. The Morgan fingerprint density at radius 1 is 1.15 bits per heavy atom. The molecule has 142 valence electrons. The van der Waals surface area contributed by atoms with Crippen molar-refractivity contribution in [1.82, 2.24) is 20.2 Å². The molecule has 0 saturated carbocycles. The first-order valence-corrected chi connectivity index (χ1v) is 9.30. The van der Waals surface area contributed by atoms with Crippen LogP contribution in [0.2, 0.25) is 0 Å². The van der Waals surface area contributed by atoms with Gasteiger partial charge in [-0.3, -0.25) is 14.6 Å². The SMILES string of the molecule is Cc1cc(C(=O)N2CCCCc3cccc(n3)NCCNC(=O)C2)ccn1. The molecule has 0 unspecified atom stereocenters. The van der Waals surface area contributed by atoms with Crippen LogP contribution >= 0.6 is 0 Å². The fourth-order valence-corrected chi connectivity index (χ4v) is 3.06. The molecule has 2 N–H and O–H groups in total. The number of carbonyl (C=O) groups excluding carboxylic acids is 2. The molecule has 0 aromatic carbocycles. The molecule has 7 heteroatoms. The van der Waals surface area contributed by atoms with Crippen LogP contribution in [0.5, 0.6) is 0 Å². The summed E-state index contributed by atoms with van der Waals surface area (Å²) in [7, 11) is 0. The number of hydrogen-bond acceptors (Lipinski definition) is 5. The fourth-order valence-electron chi connectivity index (χ4n) is 3.06. The number of nitrogens with zero attached hydrogens (tertiary/aromatic N) is 3. The number of anilines is 1. The third-order valence-electron chi connectivity index (χ3n) is 4.44. The molecule has 0 spiro atoms. The van der Waals surface area contributed by atoms with Crippen molar-refractivity contribution in [2.75, 3.05) is 31.5 Å². The van der Waals surface area contributed by atoms with Gasteiger partial charge < -0.3 is 15.5 Å². The van der Waals surface area contributed by atoms with Gasteiger partial charge in [0.1, 0.15) is 5.82 Å². The van der Waals surface area contributed by atoms with Crippen LogP contribution in [-0.2, 0) is 11.2 Å². The Kier molecular flexibility index (Phi) is 6.35. The molecule has 1 aliphatic heterocycles. The standard InChI is InChI=1S/C20H25N5O2/c1-15-13-16(8-9-21-15)20(27)25-12-3-2-5-17-6-4-7-18(24-17)22-10-11-23-19(26)14-25/h4,6-9,13H,2-3,5,10-12,14H2,1H3,(H,22,24)(H,23,26). The van der Waals surface area contributed by atoms with E-state index in [0.717, 1.165) is 36.5 Å². The van der Waals surface area contributed by atoms with Crippen molar-refractivity contribution < 1.29 is 9.59 Å². The number of amides is 2. The number of fused-ring (bicyclic) bond motifs is 2. The predicted molar refractivity (Wildman–Crippen MR) is 104 cm³/mol. The first kappa shape index (κ1) is 18.8. The Labute approximate surface area is 159 Å². The van der Waals surface area contributed by atoms with Gasteiger partial charge in [-0.1, -0.05) is 6.07 Å². The van der Waals surface area contributed by atoms with Crippen LogP contribution in [0.4, 0.5) is 5.82 Å². The lowest BCUT2D eigenvalue weighted by Gasteiger charge is -2.23. The highest BCUT2D eigenvalue weighted by molar-refractivity contribution is 5.96. The van der Waals surface area contributed by atoms with Gasteiger partial charge in [0, 0.05) is 42.8 Å². The lowest BCUT2D eigenvalue weighted by Crippen LogP contribution is -2.42. The molecule has 0 radical (unpaired) electrons. The summed E-state index contributed by atoms with van der Waals surface area (Å²) < 4.78 is 0. The zero-order chi connectivity index (χ0) is 19.1.